The van der Waals surface area contributed by atoms with Crippen molar-refractivity contribution >= 4 is 17.6 Å². The lowest BCUT2D eigenvalue weighted by atomic mass is 10.1. The summed E-state index contributed by atoms with van der Waals surface area (Å²) in [5, 5.41) is 5.12. The molecular formula is C18H18N2O3. The molecule has 0 aromatic heterocycles. The highest BCUT2D eigenvalue weighted by molar-refractivity contribution is 6.42. The van der Waals surface area contributed by atoms with Crippen LogP contribution in [0.5, 0.6) is 0 Å². The van der Waals surface area contributed by atoms with Gasteiger partial charge in [-0.2, -0.15) is 0 Å². The molecule has 118 valence electrons. The lowest BCUT2D eigenvalue weighted by Gasteiger charge is -2.06. The molecule has 0 aliphatic heterocycles. The fraction of sp³-hybridized carbons (Fsp3) is 0.167. The summed E-state index contributed by atoms with van der Waals surface area (Å²) in [6.07, 6.45) is 0. The fourth-order valence-electron chi connectivity index (χ4n) is 2.02. The van der Waals surface area contributed by atoms with Gasteiger partial charge in [0, 0.05) is 24.7 Å². The molecule has 0 saturated carbocycles. The van der Waals surface area contributed by atoms with Crippen LogP contribution in [0.25, 0.3) is 0 Å². The van der Waals surface area contributed by atoms with Crippen LogP contribution in [-0.2, 0) is 11.3 Å². The summed E-state index contributed by atoms with van der Waals surface area (Å²) < 4.78 is 0. The number of ketones is 1. The van der Waals surface area contributed by atoms with E-state index in [4.69, 9.17) is 0 Å². The second kappa shape index (κ2) is 7.35. The van der Waals surface area contributed by atoms with Crippen molar-refractivity contribution in [2.45, 2.75) is 13.5 Å². The molecule has 0 radical (unpaired) electrons. The summed E-state index contributed by atoms with van der Waals surface area (Å²) in [5.41, 5.74) is 2.74. The summed E-state index contributed by atoms with van der Waals surface area (Å²) in [6.45, 7) is 2.14. The highest BCUT2D eigenvalue weighted by Gasteiger charge is 2.15. The number of aryl methyl sites for hydroxylation is 1. The SMILES string of the molecule is CNC(=O)c1ccc(CNC(=O)C(=O)c2ccc(C)cc2)cc1. The predicted octanol–water partition coefficient (Wildman–Crippen LogP) is 1.85. The van der Waals surface area contributed by atoms with Gasteiger partial charge in [0.05, 0.1) is 0 Å². The largest absolute Gasteiger partial charge is 0.355 e. The van der Waals surface area contributed by atoms with Crippen LogP contribution in [-0.4, -0.2) is 24.6 Å². The molecule has 0 saturated heterocycles. The molecule has 23 heavy (non-hydrogen) atoms. The smallest absolute Gasteiger partial charge is 0.292 e. The molecule has 0 spiro atoms. The maximum absolute atomic E-state index is 12.0. The zero-order valence-corrected chi connectivity index (χ0v) is 13.1. The Kier molecular flexibility index (Phi) is 5.25. The van der Waals surface area contributed by atoms with Gasteiger partial charge in [-0.1, -0.05) is 42.0 Å². The maximum atomic E-state index is 12.0. The van der Waals surface area contributed by atoms with Crippen LogP contribution < -0.4 is 10.6 Å². The van der Waals surface area contributed by atoms with Gasteiger partial charge >= 0.3 is 0 Å². The van der Waals surface area contributed by atoms with Crippen LogP contribution in [0.15, 0.2) is 48.5 Å². The van der Waals surface area contributed by atoms with Crippen LogP contribution in [0.1, 0.15) is 31.8 Å². The normalized spacial score (nSPS) is 10.0. The van der Waals surface area contributed by atoms with Gasteiger partial charge in [-0.15, -0.1) is 0 Å². The van der Waals surface area contributed by atoms with Crippen molar-refractivity contribution in [1.82, 2.24) is 10.6 Å². The van der Waals surface area contributed by atoms with E-state index in [1.165, 1.54) is 0 Å². The Bertz CT molecular complexity index is 719. The van der Waals surface area contributed by atoms with E-state index in [0.29, 0.717) is 11.1 Å². The van der Waals surface area contributed by atoms with Crippen molar-refractivity contribution in [3.8, 4) is 0 Å². The van der Waals surface area contributed by atoms with Gasteiger partial charge < -0.3 is 10.6 Å². The quantitative estimate of drug-likeness (QED) is 0.654. The Labute approximate surface area is 134 Å². The minimum Gasteiger partial charge on any atom is -0.355 e. The fourth-order valence-corrected chi connectivity index (χ4v) is 2.02. The van der Waals surface area contributed by atoms with Gasteiger partial charge in [-0.05, 0) is 24.6 Å². The average Bonchev–Trinajstić information content (AvgIpc) is 2.59. The molecule has 0 fully saturated rings. The molecule has 0 aliphatic carbocycles. The number of hydrogen-bond acceptors (Lipinski definition) is 3. The van der Waals surface area contributed by atoms with Crippen molar-refractivity contribution in [3.63, 3.8) is 0 Å². The van der Waals surface area contributed by atoms with E-state index in [-0.39, 0.29) is 12.5 Å². The topological polar surface area (TPSA) is 75.3 Å². The Morgan fingerprint density at radius 1 is 0.870 bits per heavy atom. The van der Waals surface area contributed by atoms with Crippen LogP contribution >= 0.6 is 0 Å². The lowest BCUT2D eigenvalue weighted by Crippen LogP contribution is -2.30. The zero-order valence-electron chi connectivity index (χ0n) is 13.1. The minimum absolute atomic E-state index is 0.171. The number of hydrogen-bond donors (Lipinski definition) is 2. The minimum atomic E-state index is -0.649. The summed E-state index contributed by atoms with van der Waals surface area (Å²) >= 11 is 0. The van der Waals surface area contributed by atoms with Crippen LogP contribution in [0.4, 0.5) is 0 Å². The molecular weight excluding hydrogens is 292 g/mol. The van der Waals surface area contributed by atoms with E-state index < -0.39 is 11.7 Å². The summed E-state index contributed by atoms with van der Waals surface area (Å²) in [6, 6.07) is 13.7. The van der Waals surface area contributed by atoms with E-state index in [2.05, 4.69) is 10.6 Å². The second-order valence-corrected chi connectivity index (χ2v) is 5.15. The molecule has 5 heteroatoms. The Morgan fingerprint density at radius 2 is 1.43 bits per heavy atom. The third kappa shape index (κ3) is 4.26. The summed E-state index contributed by atoms with van der Waals surface area (Å²) in [5.74, 6) is -1.38. The molecule has 0 bridgehead atoms. The highest BCUT2D eigenvalue weighted by Crippen LogP contribution is 2.06. The van der Waals surface area contributed by atoms with E-state index >= 15 is 0 Å². The van der Waals surface area contributed by atoms with Crippen molar-refractivity contribution < 1.29 is 14.4 Å². The molecule has 2 aromatic rings. The Balaban J connectivity index is 1.94. The Hall–Kier alpha value is -2.95. The third-order valence-electron chi connectivity index (χ3n) is 3.42. The first-order valence-corrected chi connectivity index (χ1v) is 7.21. The number of amides is 2. The molecule has 0 atom stereocenters. The standard InChI is InChI=1S/C18H18N2O3/c1-12-3-7-14(8-4-12)16(21)18(23)20-11-13-5-9-15(10-6-13)17(22)19-2/h3-10H,11H2,1-2H3,(H,19,22)(H,20,23). The molecule has 2 rings (SSSR count). The predicted molar refractivity (Wildman–Crippen MR) is 87.2 cm³/mol. The van der Waals surface area contributed by atoms with E-state index in [1.807, 2.05) is 6.92 Å². The molecule has 2 aromatic carbocycles. The van der Waals surface area contributed by atoms with E-state index in [1.54, 1.807) is 55.6 Å². The highest BCUT2D eigenvalue weighted by atomic mass is 16.2. The van der Waals surface area contributed by atoms with Gasteiger partial charge in [-0.3, -0.25) is 14.4 Å². The number of rotatable bonds is 5. The van der Waals surface area contributed by atoms with Gasteiger partial charge in [0.1, 0.15) is 0 Å². The average molecular weight is 310 g/mol. The van der Waals surface area contributed by atoms with Gasteiger partial charge in [0.25, 0.3) is 11.8 Å². The van der Waals surface area contributed by atoms with Crippen LogP contribution in [0.3, 0.4) is 0 Å². The third-order valence-corrected chi connectivity index (χ3v) is 3.42. The first-order valence-electron chi connectivity index (χ1n) is 7.21. The monoisotopic (exact) mass is 310 g/mol. The van der Waals surface area contributed by atoms with Gasteiger partial charge in [0.2, 0.25) is 5.78 Å². The number of carbonyl (C=O) groups excluding carboxylic acids is 3. The number of Topliss-reactive ketones (excluding diaryl/α,β-unsaturated/α-hetero) is 1. The zero-order chi connectivity index (χ0) is 16.8. The molecule has 2 amide bonds. The first kappa shape index (κ1) is 16.4. The van der Waals surface area contributed by atoms with Gasteiger partial charge in [-0.25, -0.2) is 0 Å². The Morgan fingerprint density at radius 3 is 2.00 bits per heavy atom. The van der Waals surface area contributed by atoms with Gasteiger partial charge in [0.15, 0.2) is 0 Å². The molecule has 0 aliphatic rings. The number of benzene rings is 2. The van der Waals surface area contributed by atoms with Crippen molar-refractivity contribution in [1.29, 1.82) is 0 Å². The van der Waals surface area contributed by atoms with Crippen molar-refractivity contribution in [2.75, 3.05) is 7.05 Å². The molecule has 5 nitrogen and oxygen atoms in total. The molecule has 2 N–H and O–H groups in total. The van der Waals surface area contributed by atoms with E-state index in [0.717, 1.165) is 11.1 Å². The maximum Gasteiger partial charge on any atom is 0.292 e. The number of nitrogens with one attached hydrogen (secondary N) is 2. The van der Waals surface area contributed by atoms with Crippen LogP contribution in [0.2, 0.25) is 0 Å². The lowest BCUT2D eigenvalue weighted by molar-refractivity contribution is -0.117. The molecule has 0 heterocycles. The first-order chi connectivity index (χ1) is 11.0. The summed E-state index contributed by atoms with van der Waals surface area (Å²) in [4.78, 5) is 35.3. The van der Waals surface area contributed by atoms with Crippen molar-refractivity contribution in [3.05, 3.63) is 70.8 Å². The van der Waals surface area contributed by atoms with Crippen LogP contribution in [0, 0.1) is 6.92 Å². The number of carbonyl (C=O) groups is 3. The molecule has 0 unspecified atom stereocenters. The second-order valence-electron chi connectivity index (χ2n) is 5.15. The van der Waals surface area contributed by atoms with Crippen molar-refractivity contribution in [2.24, 2.45) is 0 Å². The summed E-state index contributed by atoms with van der Waals surface area (Å²) in [7, 11) is 1.56. The van der Waals surface area contributed by atoms with E-state index in [9.17, 15) is 14.4 Å².